The number of aryl methyl sites for hydroxylation is 1. The lowest BCUT2D eigenvalue weighted by molar-refractivity contribution is 0.171. The van der Waals surface area contributed by atoms with E-state index in [9.17, 15) is 4.79 Å². The fourth-order valence-corrected chi connectivity index (χ4v) is 3.56. The van der Waals surface area contributed by atoms with Crippen LogP contribution in [0.5, 0.6) is 11.5 Å². The molecule has 5 nitrogen and oxygen atoms in total. The van der Waals surface area contributed by atoms with Crippen LogP contribution in [0.1, 0.15) is 29.2 Å². The summed E-state index contributed by atoms with van der Waals surface area (Å²) < 4.78 is 11.4. The van der Waals surface area contributed by atoms with Gasteiger partial charge in [-0.25, -0.2) is 4.79 Å². The Morgan fingerprint density at radius 3 is 2.68 bits per heavy atom. The third-order valence-corrected chi connectivity index (χ3v) is 5.52. The Hall–Kier alpha value is -2.24. The average molecular weight is 403 g/mol. The number of carbonyl (C=O) groups excluding carboxylic acids is 1. The van der Waals surface area contributed by atoms with Crippen LogP contribution in [0.2, 0.25) is 5.02 Å². The summed E-state index contributed by atoms with van der Waals surface area (Å²) in [6.45, 7) is 3.55. The number of rotatable bonds is 5. The maximum Gasteiger partial charge on any atom is 0.414 e. The molecule has 1 heterocycles. The first kappa shape index (κ1) is 20.5. The topological polar surface area (TPSA) is 42.0 Å². The third-order valence-electron chi connectivity index (χ3n) is 5.10. The van der Waals surface area contributed by atoms with Crippen molar-refractivity contribution in [2.45, 2.75) is 25.8 Å². The Kier molecular flexibility index (Phi) is 6.47. The monoisotopic (exact) mass is 402 g/mol. The molecular weight excluding hydrogens is 376 g/mol. The van der Waals surface area contributed by atoms with Gasteiger partial charge < -0.3 is 14.4 Å². The largest absolute Gasteiger partial charge is 0.494 e. The number of hydrogen-bond acceptors (Lipinski definition) is 4. The van der Waals surface area contributed by atoms with E-state index < -0.39 is 0 Å². The van der Waals surface area contributed by atoms with Crippen molar-refractivity contribution >= 4 is 17.7 Å². The molecule has 0 saturated carbocycles. The molecule has 0 saturated heterocycles. The smallest absolute Gasteiger partial charge is 0.414 e. The fourth-order valence-electron chi connectivity index (χ4n) is 3.44. The van der Waals surface area contributed by atoms with E-state index in [1.165, 1.54) is 16.0 Å². The van der Waals surface area contributed by atoms with Gasteiger partial charge in [-0.3, -0.25) is 4.90 Å². The van der Waals surface area contributed by atoms with Crippen LogP contribution >= 0.6 is 11.6 Å². The van der Waals surface area contributed by atoms with Crippen molar-refractivity contribution in [2.75, 3.05) is 34.3 Å². The van der Waals surface area contributed by atoms with Gasteiger partial charge in [0, 0.05) is 38.1 Å². The summed E-state index contributed by atoms with van der Waals surface area (Å²) in [4.78, 5) is 15.6. The Morgan fingerprint density at radius 1 is 1.21 bits per heavy atom. The number of amides is 1. The van der Waals surface area contributed by atoms with Crippen molar-refractivity contribution in [3.05, 3.63) is 58.1 Å². The molecule has 1 amide bonds. The SMILES string of the molecule is Cc1cc(OCCC2c3ccc(OC(=O)N(C)C)cc3CCN2C)ccc1Cl. The lowest BCUT2D eigenvalue weighted by Gasteiger charge is -2.34. The van der Waals surface area contributed by atoms with Crippen molar-refractivity contribution in [2.24, 2.45) is 0 Å². The molecule has 6 heteroatoms. The Bertz CT molecular complexity index is 854. The van der Waals surface area contributed by atoms with E-state index in [2.05, 4.69) is 18.0 Å². The first-order chi connectivity index (χ1) is 13.3. The van der Waals surface area contributed by atoms with Crippen LogP contribution in [0, 0.1) is 6.92 Å². The minimum atomic E-state index is -0.365. The highest BCUT2D eigenvalue weighted by atomic mass is 35.5. The highest BCUT2D eigenvalue weighted by Crippen LogP contribution is 2.33. The van der Waals surface area contributed by atoms with Gasteiger partial charge in [0.05, 0.1) is 6.61 Å². The number of nitrogens with zero attached hydrogens (tertiary/aromatic N) is 2. The first-order valence-corrected chi connectivity index (χ1v) is 9.84. The number of hydrogen-bond donors (Lipinski definition) is 0. The normalized spacial score (nSPS) is 16.4. The molecule has 0 bridgehead atoms. The van der Waals surface area contributed by atoms with E-state index in [0.29, 0.717) is 12.4 Å². The number of fused-ring (bicyclic) bond motifs is 1. The fraction of sp³-hybridized carbons (Fsp3) is 0.409. The Labute approximate surface area is 171 Å². The molecule has 3 rings (SSSR count). The zero-order valence-electron chi connectivity index (χ0n) is 16.9. The van der Waals surface area contributed by atoms with Gasteiger partial charge in [-0.15, -0.1) is 0 Å². The molecule has 1 atom stereocenters. The van der Waals surface area contributed by atoms with E-state index in [1.807, 2.05) is 37.3 Å². The zero-order valence-corrected chi connectivity index (χ0v) is 17.6. The second-order valence-electron chi connectivity index (χ2n) is 7.42. The number of halogens is 1. The van der Waals surface area contributed by atoms with E-state index in [0.717, 1.165) is 35.7 Å². The number of carbonyl (C=O) groups is 1. The summed E-state index contributed by atoms with van der Waals surface area (Å²) in [5, 5.41) is 0.749. The molecule has 0 aromatic heterocycles. The second kappa shape index (κ2) is 8.84. The van der Waals surface area contributed by atoms with E-state index >= 15 is 0 Å². The summed E-state index contributed by atoms with van der Waals surface area (Å²) in [6.07, 6.45) is 1.45. The highest BCUT2D eigenvalue weighted by molar-refractivity contribution is 6.31. The second-order valence-corrected chi connectivity index (χ2v) is 7.82. The van der Waals surface area contributed by atoms with Crippen LogP contribution in [0.3, 0.4) is 0 Å². The highest BCUT2D eigenvalue weighted by Gasteiger charge is 2.25. The summed E-state index contributed by atoms with van der Waals surface area (Å²) >= 11 is 6.08. The maximum atomic E-state index is 11.8. The minimum Gasteiger partial charge on any atom is -0.494 e. The predicted molar refractivity (Wildman–Crippen MR) is 112 cm³/mol. The van der Waals surface area contributed by atoms with Gasteiger partial charge >= 0.3 is 6.09 Å². The van der Waals surface area contributed by atoms with Gasteiger partial charge in [0.1, 0.15) is 11.5 Å². The van der Waals surface area contributed by atoms with Crippen molar-refractivity contribution in [3.8, 4) is 11.5 Å². The van der Waals surface area contributed by atoms with Gasteiger partial charge in [-0.05, 0) is 67.4 Å². The van der Waals surface area contributed by atoms with Crippen LogP contribution < -0.4 is 9.47 Å². The molecule has 1 aliphatic heterocycles. The van der Waals surface area contributed by atoms with Gasteiger partial charge in [0.15, 0.2) is 0 Å². The summed E-state index contributed by atoms with van der Waals surface area (Å²) in [7, 11) is 5.49. The van der Waals surface area contributed by atoms with Crippen LogP contribution in [0.25, 0.3) is 0 Å². The van der Waals surface area contributed by atoms with Gasteiger partial charge in [-0.1, -0.05) is 17.7 Å². The first-order valence-electron chi connectivity index (χ1n) is 9.46. The van der Waals surface area contributed by atoms with Crippen molar-refractivity contribution in [1.29, 1.82) is 0 Å². The lowest BCUT2D eigenvalue weighted by Crippen LogP contribution is -2.33. The summed E-state index contributed by atoms with van der Waals surface area (Å²) in [5.41, 5.74) is 3.52. The van der Waals surface area contributed by atoms with Crippen LogP contribution in [-0.4, -0.2) is 50.2 Å². The molecule has 1 aliphatic rings. The van der Waals surface area contributed by atoms with Crippen LogP contribution in [0.4, 0.5) is 4.79 Å². The molecule has 0 aliphatic carbocycles. The third kappa shape index (κ3) is 4.78. The number of likely N-dealkylation sites (N-methyl/N-ethyl adjacent to an activating group) is 1. The Morgan fingerprint density at radius 2 is 1.96 bits per heavy atom. The van der Waals surface area contributed by atoms with Crippen molar-refractivity contribution in [3.63, 3.8) is 0 Å². The summed E-state index contributed by atoms with van der Waals surface area (Å²) in [5.74, 6) is 1.43. The molecule has 0 spiro atoms. The average Bonchev–Trinajstić information content (AvgIpc) is 2.66. The number of ether oxygens (including phenoxy) is 2. The standard InChI is InChI=1S/C22H27ClN2O3/c1-15-13-17(6-8-20(15)23)27-12-10-21-19-7-5-18(28-22(26)24(2)3)14-16(19)9-11-25(21)4/h5-8,13-14,21H,9-12H2,1-4H3. The van der Waals surface area contributed by atoms with Gasteiger partial charge in [0.25, 0.3) is 0 Å². The summed E-state index contributed by atoms with van der Waals surface area (Å²) in [6, 6.07) is 11.9. The zero-order chi connectivity index (χ0) is 20.3. The molecule has 0 fully saturated rings. The minimum absolute atomic E-state index is 0.274. The predicted octanol–water partition coefficient (Wildman–Crippen LogP) is 4.71. The Balaban J connectivity index is 1.67. The van der Waals surface area contributed by atoms with Crippen LogP contribution in [0.15, 0.2) is 36.4 Å². The van der Waals surface area contributed by atoms with Gasteiger partial charge in [-0.2, -0.15) is 0 Å². The van der Waals surface area contributed by atoms with Crippen LogP contribution in [-0.2, 0) is 6.42 Å². The molecular formula is C22H27ClN2O3. The van der Waals surface area contributed by atoms with Crippen molar-refractivity contribution in [1.82, 2.24) is 9.80 Å². The molecule has 2 aromatic rings. The molecule has 150 valence electrons. The maximum absolute atomic E-state index is 11.8. The molecule has 0 radical (unpaired) electrons. The molecule has 2 aromatic carbocycles. The quantitative estimate of drug-likeness (QED) is 0.726. The molecule has 1 unspecified atom stereocenters. The van der Waals surface area contributed by atoms with E-state index in [1.54, 1.807) is 14.1 Å². The van der Waals surface area contributed by atoms with E-state index in [-0.39, 0.29) is 12.1 Å². The number of benzene rings is 2. The van der Waals surface area contributed by atoms with E-state index in [4.69, 9.17) is 21.1 Å². The van der Waals surface area contributed by atoms with Crippen molar-refractivity contribution < 1.29 is 14.3 Å². The molecule has 0 N–H and O–H groups in total. The van der Waals surface area contributed by atoms with Gasteiger partial charge in [0.2, 0.25) is 0 Å². The molecule has 28 heavy (non-hydrogen) atoms. The lowest BCUT2D eigenvalue weighted by atomic mass is 9.91.